The fraction of sp³-hybridized carbons (Fsp3) is 0.905. The molecule has 0 saturated carbocycles. The van der Waals surface area contributed by atoms with Crippen LogP contribution in [-0.2, 0) is 24.4 Å². The predicted octanol–water partition coefficient (Wildman–Crippen LogP) is 2.22. The second-order valence-corrected chi connectivity index (χ2v) is 9.59. The van der Waals surface area contributed by atoms with Gasteiger partial charge in [-0.1, -0.05) is 84.5 Å². The molecule has 0 fully saturated rings. The Labute approximate surface area is 201 Å². The van der Waals surface area contributed by atoms with Crippen molar-refractivity contribution in [3.05, 3.63) is 0 Å². The largest absolute Gasteiger partial charge is 1.00 e. The number of unbranched alkanes of at least 4 members (excludes halogenated alkanes) is 10. The van der Waals surface area contributed by atoms with E-state index < -0.39 is 27.6 Å². The molecule has 1 N–H and O–H groups in total. The van der Waals surface area contributed by atoms with E-state index in [9.17, 15) is 18.0 Å². The fourth-order valence-electron chi connectivity index (χ4n) is 3.02. The van der Waals surface area contributed by atoms with Crippen molar-refractivity contribution in [2.45, 2.75) is 104 Å². The molecular formula is C21H41NaO6S. The average Bonchev–Trinajstić information content (AvgIpc) is 2.61. The van der Waals surface area contributed by atoms with E-state index in [1.54, 1.807) is 0 Å². The molecule has 0 aliphatic carbocycles. The van der Waals surface area contributed by atoms with Crippen molar-refractivity contribution in [2.24, 2.45) is 5.92 Å². The van der Waals surface area contributed by atoms with Crippen LogP contribution in [-0.4, -0.2) is 37.1 Å². The first-order valence-corrected chi connectivity index (χ1v) is 12.5. The maximum absolute atomic E-state index is 11.6. The first kappa shape index (κ1) is 31.2. The molecule has 0 aromatic carbocycles. The molecular weight excluding hydrogens is 403 g/mol. The summed E-state index contributed by atoms with van der Waals surface area (Å²) >= 11 is 0. The average molecular weight is 445 g/mol. The molecule has 29 heavy (non-hydrogen) atoms. The molecule has 168 valence electrons. The van der Waals surface area contributed by atoms with Gasteiger partial charge in [0.1, 0.15) is 0 Å². The zero-order chi connectivity index (χ0) is 21.3. The minimum Gasteiger partial charge on any atom is -1.00 e. The number of Topliss-reactive ketones (excluding diaryl/α,β-unsaturated/α-hetero) is 1. The number of ether oxygens (including phenoxy) is 1. The summed E-state index contributed by atoms with van der Waals surface area (Å²) in [5, 5.41) is 0. The molecule has 0 heterocycles. The second kappa shape index (κ2) is 20.0. The molecule has 8 heteroatoms. The van der Waals surface area contributed by atoms with Gasteiger partial charge in [-0.2, -0.15) is 8.42 Å². The van der Waals surface area contributed by atoms with Crippen LogP contribution < -0.4 is 29.6 Å². The monoisotopic (exact) mass is 444 g/mol. The summed E-state index contributed by atoms with van der Waals surface area (Å²) in [5.41, 5.74) is 0. The van der Waals surface area contributed by atoms with Gasteiger partial charge in [0.15, 0.2) is 0 Å². The number of hydrogen-bond acceptors (Lipinski definition) is 5. The van der Waals surface area contributed by atoms with Gasteiger partial charge in [-0.15, -0.1) is 0 Å². The third kappa shape index (κ3) is 24.2. The zero-order valence-corrected chi connectivity index (χ0v) is 21.6. The first-order valence-electron chi connectivity index (χ1n) is 10.9. The van der Waals surface area contributed by atoms with Gasteiger partial charge in [-0.25, -0.2) is 4.79 Å². The van der Waals surface area contributed by atoms with E-state index in [1.165, 1.54) is 57.8 Å². The Balaban J connectivity index is -0.00000364. The molecule has 0 bridgehead atoms. The standard InChI is InChI=1S/C21H40O6S.Na.H/c1-19(2)15-12-10-8-6-4-3-5-7-9-11-13-16-20(22)21(23)27-17-14-18-28(24,25)26;;/h19H,3-18H2,1-2H3,(H,24,25,26);;/q;+1;-1. The third-order valence-corrected chi connectivity index (χ3v) is 5.50. The fourth-order valence-corrected chi connectivity index (χ4v) is 3.50. The van der Waals surface area contributed by atoms with Crippen LogP contribution >= 0.6 is 0 Å². The molecule has 0 aromatic rings. The summed E-state index contributed by atoms with van der Waals surface area (Å²) in [6.07, 6.45) is 14.6. The summed E-state index contributed by atoms with van der Waals surface area (Å²) in [5.74, 6) is -1.14. The van der Waals surface area contributed by atoms with Gasteiger partial charge in [0.25, 0.3) is 10.1 Å². The minimum atomic E-state index is -4.06. The van der Waals surface area contributed by atoms with Crippen molar-refractivity contribution in [3.8, 4) is 0 Å². The Bertz CT molecular complexity index is 526. The van der Waals surface area contributed by atoms with Crippen molar-refractivity contribution < 1.29 is 58.3 Å². The van der Waals surface area contributed by atoms with E-state index in [2.05, 4.69) is 13.8 Å². The van der Waals surface area contributed by atoms with Crippen LogP contribution in [0.1, 0.15) is 105 Å². The summed E-state index contributed by atoms with van der Waals surface area (Å²) in [6.45, 7) is 4.37. The van der Waals surface area contributed by atoms with E-state index in [-0.39, 0.29) is 50.4 Å². The number of carbonyl (C=O) groups is 2. The van der Waals surface area contributed by atoms with Crippen LogP contribution in [0.25, 0.3) is 0 Å². The quantitative estimate of drug-likeness (QED) is 0.108. The zero-order valence-electron chi connectivity index (χ0n) is 19.8. The number of carbonyl (C=O) groups excluding carboxylic acids is 2. The first-order chi connectivity index (χ1) is 13.2. The van der Waals surface area contributed by atoms with Crippen LogP contribution in [0.2, 0.25) is 0 Å². The molecule has 0 aliphatic rings. The Morgan fingerprint density at radius 1 is 0.828 bits per heavy atom. The molecule has 6 nitrogen and oxygen atoms in total. The van der Waals surface area contributed by atoms with E-state index in [1.807, 2.05) is 0 Å². The molecule has 0 aromatic heterocycles. The number of ketones is 1. The Morgan fingerprint density at radius 3 is 1.72 bits per heavy atom. The van der Waals surface area contributed by atoms with E-state index in [0.29, 0.717) is 6.42 Å². The molecule has 0 atom stereocenters. The van der Waals surface area contributed by atoms with Gasteiger partial charge in [-0.05, 0) is 18.8 Å². The smallest absolute Gasteiger partial charge is 1.00 e. The van der Waals surface area contributed by atoms with Crippen LogP contribution in [0.3, 0.4) is 0 Å². The van der Waals surface area contributed by atoms with Crippen LogP contribution in [0.4, 0.5) is 0 Å². The van der Waals surface area contributed by atoms with Gasteiger partial charge < -0.3 is 6.16 Å². The maximum Gasteiger partial charge on any atom is 1.00 e. The predicted molar refractivity (Wildman–Crippen MR) is 113 cm³/mol. The molecule has 0 saturated heterocycles. The summed E-state index contributed by atoms with van der Waals surface area (Å²) in [7, 11) is -4.06. The maximum atomic E-state index is 11.6. The SMILES string of the molecule is CC(C)CCCCCCCCCCCCCC(=O)C(=O)OCCCS(=O)(=O)O.[H-].[Na+]. The molecule has 0 spiro atoms. The van der Waals surface area contributed by atoms with Crippen molar-refractivity contribution >= 4 is 21.9 Å². The summed E-state index contributed by atoms with van der Waals surface area (Å²) in [4.78, 5) is 23.1. The summed E-state index contributed by atoms with van der Waals surface area (Å²) in [6, 6.07) is 0. The van der Waals surface area contributed by atoms with Crippen LogP contribution in [0.5, 0.6) is 0 Å². The third-order valence-electron chi connectivity index (χ3n) is 4.69. The molecule has 0 amide bonds. The number of hydrogen-bond donors (Lipinski definition) is 1. The van der Waals surface area contributed by atoms with E-state index in [0.717, 1.165) is 18.8 Å². The normalized spacial score (nSPS) is 11.3. The van der Waals surface area contributed by atoms with Gasteiger partial charge in [0, 0.05) is 6.42 Å². The van der Waals surface area contributed by atoms with Gasteiger partial charge >= 0.3 is 35.5 Å². The Hall–Kier alpha value is 0.0500. The molecule has 0 rings (SSSR count). The molecule has 0 unspecified atom stereocenters. The topological polar surface area (TPSA) is 97.7 Å². The van der Waals surface area contributed by atoms with Crippen molar-refractivity contribution in [3.63, 3.8) is 0 Å². The molecule has 0 radical (unpaired) electrons. The Morgan fingerprint density at radius 2 is 1.28 bits per heavy atom. The van der Waals surface area contributed by atoms with E-state index in [4.69, 9.17) is 9.29 Å². The molecule has 0 aliphatic heterocycles. The number of rotatable bonds is 19. The van der Waals surface area contributed by atoms with Gasteiger partial charge in [0.2, 0.25) is 5.78 Å². The van der Waals surface area contributed by atoms with Crippen LogP contribution in [0.15, 0.2) is 0 Å². The van der Waals surface area contributed by atoms with E-state index >= 15 is 0 Å². The number of esters is 1. The van der Waals surface area contributed by atoms with Gasteiger partial charge in [-0.3, -0.25) is 9.35 Å². The Kier molecular flexibility index (Phi) is 21.5. The van der Waals surface area contributed by atoms with Crippen molar-refractivity contribution in [1.29, 1.82) is 0 Å². The van der Waals surface area contributed by atoms with Crippen molar-refractivity contribution in [1.82, 2.24) is 0 Å². The van der Waals surface area contributed by atoms with Gasteiger partial charge in [0.05, 0.1) is 12.4 Å². The second-order valence-electron chi connectivity index (χ2n) is 8.02. The minimum absolute atomic E-state index is 0. The van der Waals surface area contributed by atoms with Crippen molar-refractivity contribution in [2.75, 3.05) is 12.4 Å². The van der Waals surface area contributed by atoms with Crippen LogP contribution in [0, 0.1) is 5.92 Å². The summed E-state index contributed by atoms with van der Waals surface area (Å²) < 4.78 is 34.3.